The van der Waals surface area contributed by atoms with Crippen LogP contribution in [0.3, 0.4) is 0 Å². The van der Waals surface area contributed by atoms with Crippen LogP contribution in [0.25, 0.3) is 0 Å². The van der Waals surface area contributed by atoms with Crippen LogP contribution >= 0.6 is 0 Å². The van der Waals surface area contributed by atoms with Crippen LogP contribution in [0.15, 0.2) is 27.9 Å². The first-order chi connectivity index (χ1) is 4.67. The molecule has 56 valence electrons. The fraction of sp³-hybridized carbons (Fsp3) is 0.200. The molecule has 0 unspecified atom stereocenters. The molecule has 0 amide bonds. The van der Waals surface area contributed by atoms with Crippen molar-refractivity contribution in [1.29, 1.82) is 0 Å². The molecule has 4 nitrogen and oxygen atoms in total. The van der Waals surface area contributed by atoms with Gasteiger partial charge in [0.05, 0.1) is 13.4 Å². The molecule has 1 heterocycles. The maximum absolute atomic E-state index is 10.7. The largest absolute Gasteiger partial charge is 0.451 e. The summed E-state index contributed by atoms with van der Waals surface area (Å²) in [5.74, 6) is 0. The predicted octanol–water partition coefficient (Wildman–Crippen LogP) is 0.615. The first kappa shape index (κ1) is 7.30. The Morgan fingerprint density at radius 3 is 2.70 bits per heavy atom. The van der Waals surface area contributed by atoms with Gasteiger partial charge in [-0.25, -0.2) is 0 Å². The lowest BCUT2D eigenvalue weighted by Crippen LogP contribution is -2.00. The molecule has 1 aromatic heterocycles. The van der Waals surface area contributed by atoms with Gasteiger partial charge in [0.25, 0.3) is 0 Å². The quantitative estimate of drug-likeness (QED) is 0.598. The van der Waals surface area contributed by atoms with E-state index < -0.39 is 10.1 Å². The van der Waals surface area contributed by atoms with Gasteiger partial charge in [0.2, 0.25) is 5.09 Å². The minimum atomic E-state index is -3.62. The Morgan fingerprint density at radius 2 is 2.30 bits per heavy atom. The van der Waals surface area contributed by atoms with E-state index >= 15 is 0 Å². The minimum Gasteiger partial charge on any atom is -0.451 e. The zero-order valence-electron chi connectivity index (χ0n) is 5.27. The van der Waals surface area contributed by atoms with Gasteiger partial charge in [0.15, 0.2) is 0 Å². The average molecular weight is 162 g/mol. The molecule has 5 heteroatoms. The smallest absolute Gasteiger partial charge is 0.330 e. The fourth-order valence-corrected chi connectivity index (χ4v) is 1.07. The van der Waals surface area contributed by atoms with Crippen molar-refractivity contribution in [3.8, 4) is 0 Å². The summed E-state index contributed by atoms with van der Waals surface area (Å²) in [7, 11) is -2.54. The van der Waals surface area contributed by atoms with Crippen molar-refractivity contribution in [3.05, 3.63) is 18.4 Å². The van der Waals surface area contributed by atoms with Crippen LogP contribution in [0, 0.1) is 0 Å². The fourth-order valence-electron chi connectivity index (χ4n) is 0.488. The van der Waals surface area contributed by atoms with Gasteiger partial charge in [-0.3, -0.25) is 4.18 Å². The van der Waals surface area contributed by atoms with Gasteiger partial charge in [-0.1, -0.05) is 0 Å². The van der Waals surface area contributed by atoms with Crippen molar-refractivity contribution < 1.29 is 17.0 Å². The Hall–Kier alpha value is -0.810. The van der Waals surface area contributed by atoms with Crippen LogP contribution in [0.1, 0.15) is 0 Å². The van der Waals surface area contributed by atoms with Crippen molar-refractivity contribution in [2.45, 2.75) is 5.09 Å². The minimum absolute atomic E-state index is 0.171. The molecule has 10 heavy (non-hydrogen) atoms. The molecule has 0 aliphatic carbocycles. The lowest BCUT2D eigenvalue weighted by Gasteiger charge is -1.92. The van der Waals surface area contributed by atoms with Gasteiger partial charge in [-0.15, -0.1) is 0 Å². The molecule has 0 N–H and O–H groups in total. The molecular weight excluding hydrogens is 156 g/mol. The van der Waals surface area contributed by atoms with E-state index in [9.17, 15) is 8.42 Å². The SMILES string of the molecule is COS(=O)(=O)c1ccco1. The lowest BCUT2D eigenvalue weighted by molar-refractivity contribution is 0.361. The summed E-state index contributed by atoms with van der Waals surface area (Å²) in [5, 5.41) is -0.171. The van der Waals surface area contributed by atoms with E-state index in [2.05, 4.69) is 8.60 Å². The molecule has 0 aliphatic heterocycles. The highest BCUT2D eigenvalue weighted by Crippen LogP contribution is 2.10. The van der Waals surface area contributed by atoms with E-state index in [1.807, 2.05) is 0 Å². The Balaban J connectivity index is 3.09. The van der Waals surface area contributed by atoms with Crippen LogP contribution in [-0.4, -0.2) is 15.5 Å². The normalized spacial score (nSPS) is 11.7. The van der Waals surface area contributed by atoms with Gasteiger partial charge >= 0.3 is 10.1 Å². The summed E-state index contributed by atoms with van der Waals surface area (Å²) in [4.78, 5) is 0. The maximum atomic E-state index is 10.7. The van der Waals surface area contributed by atoms with E-state index in [0.29, 0.717) is 0 Å². The molecule has 0 aromatic carbocycles. The summed E-state index contributed by atoms with van der Waals surface area (Å²) in [6, 6.07) is 2.80. The predicted molar refractivity (Wildman–Crippen MR) is 32.9 cm³/mol. The monoisotopic (exact) mass is 162 g/mol. The Labute approximate surface area is 58.5 Å². The van der Waals surface area contributed by atoms with Crippen LogP contribution in [0.4, 0.5) is 0 Å². The van der Waals surface area contributed by atoms with E-state index in [-0.39, 0.29) is 5.09 Å². The summed E-state index contributed by atoms with van der Waals surface area (Å²) < 4.78 is 30.2. The maximum Gasteiger partial charge on any atom is 0.330 e. The number of furan rings is 1. The molecule has 0 saturated carbocycles. The van der Waals surface area contributed by atoms with E-state index in [4.69, 9.17) is 0 Å². The molecule has 1 aromatic rings. The molecule has 0 radical (unpaired) electrons. The summed E-state index contributed by atoms with van der Waals surface area (Å²) in [6.07, 6.45) is 1.27. The van der Waals surface area contributed by atoms with Gasteiger partial charge in [-0.05, 0) is 12.1 Å². The molecule has 0 fully saturated rings. The standard InChI is InChI=1S/C5H6O4S/c1-8-10(6,7)5-3-2-4-9-5/h2-4H,1H3. The Kier molecular flexibility index (Phi) is 1.78. The second-order valence-corrected chi connectivity index (χ2v) is 3.20. The van der Waals surface area contributed by atoms with Crippen LogP contribution in [0.2, 0.25) is 0 Å². The van der Waals surface area contributed by atoms with Crippen LogP contribution < -0.4 is 0 Å². The van der Waals surface area contributed by atoms with Crippen molar-refractivity contribution in [1.82, 2.24) is 0 Å². The molecular formula is C5H6O4S. The second-order valence-electron chi connectivity index (χ2n) is 1.55. The molecule has 0 atom stereocenters. The summed E-state index contributed by atoms with van der Waals surface area (Å²) >= 11 is 0. The van der Waals surface area contributed by atoms with E-state index in [1.54, 1.807) is 0 Å². The molecule has 0 saturated heterocycles. The number of hydrogen-bond donors (Lipinski definition) is 0. The van der Waals surface area contributed by atoms with E-state index in [1.165, 1.54) is 18.4 Å². The highest BCUT2D eigenvalue weighted by Gasteiger charge is 2.14. The van der Waals surface area contributed by atoms with Crippen molar-refractivity contribution in [3.63, 3.8) is 0 Å². The van der Waals surface area contributed by atoms with Crippen LogP contribution in [0.5, 0.6) is 0 Å². The topological polar surface area (TPSA) is 56.5 Å². The zero-order valence-corrected chi connectivity index (χ0v) is 6.09. The molecule has 0 bridgehead atoms. The van der Waals surface area contributed by atoms with Gasteiger partial charge in [0, 0.05) is 0 Å². The van der Waals surface area contributed by atoms with Gasteiger partial charge in [-0.2, -0.15) is 8.42 Å². The summed E-state index contributed by atoms with van der Waals surface area (Å²) in [5.41, 5.74) is 0. The van der Waals surface area contributed by atoms with E-state index in [0.717, 1.165) is 7.11 Å². The van der Waals surface area contributed by atoms with Gasteiger partial charge in [0.1, 0.15) is 0 Å². The Bertz CT molecular complexity index is 283. The molecule has 0 aliphatic rings. The highest BCUT2D eigenvalue weighted by molar-refractivity contribution is 7.86. The third kappa shape index (κ3) is 1.19. The van der Waals surface area contributed by atoms with Crippen molar-refractivity contribution >= 4 is 10.1 Å². The third-order valence-corrected chi connectivity index (χ3v) is 2.12. The summed E-state index contributed by atoms with van der Waals surface area (Å²) in [6.45, 7) is 0. The van der Waals surface area contributed by atoms with Crippen molar-refractivity contribution in [2.75, 3.05) is 7.11 Å². The lowest BCUT2D eigenvalue weighted by atomic mass is 10.7. The first-order valence-corrected chi connectivity index (χ1v) is 3.92. The average Bonchev–Trinajstić information content (AvgIpc) is 2.38. The second kappa shape index (κ2) is 2.43. The highest BCUT2D eigenvalue weighted by atomic mass is 32.2. The molecule has 0 spiro atoms. The van der Waals surface area contributed by atoms with Gasteiger partial charge < -0.3 is 4.42 Å². The molecule has 1 rings (SSSR count). The zero-order chi connectivity index (χ0) is 7.61. The van der Waals surface area contributed by atoms with Crippen molar-refractivity contribution in [2.24, 2.45) is 0 Å². The number of rotatable bonds is 2. The Morgan fingerprint density at radius 1 is 1.60 bits per heavy atom. The number of hydrogen-bond acceptors (Lipinski definition) is 4. The third-order valence-electron chi connectivity index (χ3n) is 0.961. The first-order valence-electron chi connectivity index (χ1n) is 2.51. The van der Waals surface area contributed by atoms with Crippen LogP contribution in [-0.2, 0) is 14.3 Å².